The molecule has 1 atom stereocenters. The highest BCUT2D eigenvalue weighted by molar-refractivity contribution is 5.14. The van der Waals surface area contributed by atoms with Crippen molar-refractivity contribution in [1.82, 2.24) is 10.3 Å². The first-order chi connectivity index (χ1) is 6.88. The van der Waals surface area contributed by atoms with Gasteiger partial charge in [0.1, 0.15) is 0 Å². The van der Waals surface area contributed by atoms with Crippen LogP contribution in [0.3, 0.4) is 0 Å². The van der Waals surface area contributed by atoms with Gasteiger partial charge in [0.25, 0.3) is 0 Å². The first kappa shape index (κ1) is 11.1. The zero-order chi connectivity index (χ0) is 10.2. The summed E-state index contributed by atoms with van der Waals surface area (Å²) in [6, 6.07) is 4.03. The van der Waals surface area contributed by atoms with Gasteiger partial charge in [-0.05, 0) is 24.6 Å². The summed E-state index contributed by atoms with van der Waals surface area (Å²) in [4.78, 5) is 4.04. The minimum Gasteiger partial charge on any atom is -0.396 e. The van der Waals surface area contributed by atoms with E-state index in [9.17, 15) is 0 Å². The van der Waals surface area contributed by atoms with E-state index in [1.807, 2.05) is 18.3 Å². The van der Waals surface area contributed by atoms with Crippen molar-refractivity contribution < 1.29 is 5.11 Å². The zero-order valence-electron chi connectivity index (χ0n) is 8.19. The average Bonchev–Trinajstić information content (AvgIpc) is 2.26. The van der Waals surface area contributed by atoms with Gasteiger partial charge in [0.05, 0.1) is 0 Å². The minimum absolute atomic E-state index is 0.134. The topological polar surface area (TPSA) is 71.2 Å². The van der Waals surface area contributed by atoms with Gasteiger partial charge in [-0.1, -0.05) is 6.07 Å². The monoisotopic (exact) mass is 195 g/mol. The molecule has 0 bridgehead atoms. The molecule has 4 N–H and O–H groups in total. The minimum atomic E-state index is 0.134. The number of aliphatic hydroxyl groups is 1. The molecule has 1 unspecified atom stereocenters. The smallest absolute Gasteiger partial charge is 0.0459 e. The second-order valence-corrected chi connectivity index (χ2v) is 3.11. The second-order valence-electron chi connectivity index (χ2n) is 3.11. The predicted molar refractivity (Wildman–Crippen MR) is 55.7 cm³/mol. The molecular weight excluding hydrogens is 178 g/mol. The molecule has 4 nitrogen and oxygen atoms in total. The van der Waals surface area contributed by atoms with Crippen LogP contribution in [0.15, 0.2) is 24.5 Å². The van der Waals surface area contributed by atoms with E-state index in [-0.39, 0.29) is 12.6 Å². The maximum Gasteiger partial charge on any atom is 0.0459 e. The fourth-order valence-electron chi connectivity index (χ4n) is 1.27. The molecule has 0 radical (unpaired) electrons. The van der Waals surface area contributed by atoms with Gasteiger partial charge in [-0.2, -0.15) is 0 Å². The normalized spacial score (nSPS) is 12.7. The Balaban J connectivity index is 2.46. The van der Waals surface area contributed by atoms with E-state index in [2.05, 4.69) is 10.3 Å². The van der Waals surface area contributed by atoms with Gasteiger partial charge in [-0.15, -0.1) is 0 Å². The van der Waals surface area contributed by atoms with Crippen LogP contribution in [0.5, 0.6) is 0 Å². The van der Waals surface area contributed by atoms with Crippen molar-refractivity contribution in [2.75, 3.05) is 19.7 Å². The largest absolute Gasteiger partial charge is 0.396 e. The summed E-state index contributed by atoms with van der Waals surface area (Å²) in [5.74, 6) is 0. The molecule has 0 saturated heterocycles. The van der Waals surface area contributed by atoms with E-state index in [1.54, 1.807) is 6.20 Å². The highest BCUT2D eigenvalue weighted by atomic mass is 16.3. The van der Waals surface area contributed by atoms with Gasteiger partial charge in [0.2, 0.25) is 0 Å². The lowest BCUT2D eigenvalue weighted by Gasteiger charge is -2.16. The quantitative estimate of drug-likeness (QED) is 0.561. The number of hydrogen-bond acceptors (Lipinski definition) is 4. The molecule has 1 rings (SSSR count). The third-order valence-corrected chi connectivity index (χ3v) is 2.05. The average molecular weight is 195 g/mol. The van der Waals surface area contributed by atoms with Crippen LogP contribution in [-0.2, 0) is 0 Å². The van der Waals surface area contributed by atoms with Crippen LogP contribution in [-0.4, -0.2) is 29.8 Å². The standard InChI is InChI=1S/C10H17N3O/c11-7-10(13-5-2-6-14)9-3-1-4-12-8-9/h1,3-4,8,10,13-14H,2,5-7,11H2. The van der Waals surface area contributed by atoms with Crippen molar-refractivity contribution in [2.45, 2.75) is 12.5 Å². The molecule has 1 aromatic heterocycles. The van der Waals surface area contributed by atoms with Crippen molar-refractivity contribution in [3.8, 4) is 0 Å². The molecule has 0 aliphatic heterocycles. The highest BCUT2D eigenvalue weighted by Gasteiger charge is 2.07. The molecule has 1 aromatic rings. The molecule has 78 valence electrons. The predicted octanol–water partition coefficient (Wildman–Crippen LogP) is 0.0534. The van der Waals surface area contributed by atoms with Gasteiger partial charge in [0.15, 0.2) is 0 Å². The number of nitrogens with two attached hydrogens (primary N) is 1. The van der Waals surface area contributed by atoms with Crippen LogP contribution in [0, 0.1) is 0 Å². The van der Waals surface area contributed by atoms with Gasteiger partial charge in [-0.25, -0.2) is 0 Å². The molecule has 0 saturated carbocycles. The number of aliphatic hydroxyl groups excluding tert-OH is 1. The van der Waals surface area contributed by atoms with E-state index < -0.39 is 0 Å². The molecule has 0 aromatic carbocycles. The van der Waals surface area contributed by atoms with Crippen molar-refractivity contribution in [2.24, 2.45) is 5.73 Å². The summed E-state index contributed by atoms with van der Waals surface area (Å²) in [6.07, 6.45) is 4.30. The number of nitrogens with one attached hydrogen (secondary N) is 1. The third-order valence-electron chi connectivity index (χ3n) is 2.05. The van der Waals surface area contributed by atoms with E-state index in [1.165, 1.54) is 0 Å². The van der Waals surface area contributed by atoms with Crippen molar-refractivity contribution in [3.63, 3.8) is 0 Å². The van der Waals surface area contributed by atoms with E-state index in [0.717, 1.165) is 18.5 Å². The summed E-state index contributed by atoms with van der Waals surface area (Å²) < 4.78 is 0. The summed E-state index contributed by atoms with van der Waals surface area (Å²) in [7, 11) is 0. The van der Waals surface area contributed by atoms with E-state index in [0.29, 0.717) is 6.54 Å². The fourth-order valence-corrected chi connectivity index (χ4v) is 1.27. The Morgan fingerprint density at radius 1 is 1.57 bits per heavy atom. The maximum absolute atomic E-state index is 8.64. The highest BCUT2D eigenvalue weighted by Crippen LogP contribution is 2.08. The first-order valence-corrected chi connectivity index (χ1v) is 4.82. The maximum atomic E-state index is 8.64. The Kier molecular flexibility index (Phi) is 5.14. The van der Waals surface area contributed by atoms with Crippen molar-refractivity contribution in [1.29, 1.82) is 0 Å². The Morgan fingerprint density at radius 3 is 3.00 bits per heavy atom. The van der Waals surface area contributed by atoms with Crippen molar-refractivity contribution in [3.05, 3.63) is 30.1 Å². The molecule has 0 amide bonds. The van der Waals surface area contributed by atoms with E-state index >= 15 is 0 Å². The van der Waals surface area contributed by atoms with Crippen LogP contribution in [0.25, 0.3) is 0 Å². The Morgan fingerprint density at radius 2 is 2.43 bits per heavy atom. The number of hydrogen-bond donors (Lipinski definition) is 3. The lowest BCUT2D eigenvalue weighted by Crippen LogP contribution is -2.29. The molecule has 14 heavy (non-hydrogen) atoms. The van der Waals surface area contributed by atoms with Crippen molar-refractivity contribution >= 4 is 0 Å². The van der Waals surface area contributed by atoms with Crippen LogP contribution in [0.4, 0.5) is 0 Å². The number of nitrogens with zero attached hydrogens (tertiary/aromatic N) is 1. The Labute approximate surface area is 84.2 Å². The Hall–Kier alpha value is -0.970. The molecule has 0 fully saturated rings. The van der Waals surface area contributed by atoms with E-state index in [4.69, 9.17) is 10.8 Å². The third kappa shape index (κ3) is 3.41. The number of pyridine rings is 1. The fraction of sp³-hybridized carbons (Fsp3) is 0.500. The lowest BCUT2D eigenvalue weighted by atomic mass is 10.1. The summed E-state index contributed by atoms with van der Waals surface area (Å²) in [5.41, 5.74) is 6.72. The summed E-state index contributed by atoms with van der Waals surface area (Å²) in [6.45, 7) is 1.52. The summed E-state index contributed by atoms with van der Waals surface area (Å²) in [5, 5.41) is 11.9. The molecule has 0 aliphatic rings. The lowest BCUT2D eigenvalue weighted by molar-refractivity contribution is 0.283. The van der Waals surface area contributed by atoms with Gasteiger partial charge < -0.3 is 16.2 Å². The Bertz CT molecular complexity index is 240. The van der Waals surface area contributed by atoms with Gasteiger partial charge >= 0.3 is 0 Å². The van der Waals surface area contributed by atoms with Crippen LogP contribution >= 0.6 is 0 Å². The molecule has 4 heteroatoms. The van der Waals surface area contributed by atoms with Crippen LogP contribution < -0.4 is 11.1 Å². The second kappa shape index (κ2) is 6.48. The first-order valence-electron chi connectivity index (χ1n) is 4.82. The number of aromatic nitrogens is 1. The van der Waals surface area contributed by atoms with Crippen LogP contribution in [0.2, 0.25) is 0 Å². The molecular formula is C10H17N3O. The molecule has 1 heterocycles. The van der Waals surface area contributed by atoms with Gasteiger partial charge in [0, 0.05) is 31.6 Å². The van der Waals surface area contributed by atoms with Crippen LogP contribution in [0.1, 0.15) is 18.0 Å². The zero-order valence-corrected chi connectivity index (χ0v) is 8.19. The number of rotatable bonds is 6. The molecule has 0 aliphatic carbocycles. The van der Waals surface area contributed by atoms with Gasteiger partial charge in [-0.3, -0.25) is 4.98 Å². The molecule has 0 spiro atoms. The summed E-state index contributed by atoms with van der Waals surface area (Å²) >= 11 is 0. The SMILES string of the molecule is NCC(NCCCO)c1cccnc1.